The van der Waals surface area contributed by atoms with Crippen LogP contribution in [0.15, 0.2) is 11.6 Å². The van der Waals surface area contributed by atoms with E-state index in [1.54, 1.807) is 17.5 Å². The van der Waals surface area contributed by atoms with E-state index < -0.39 is 17.8 Å². The topological polar surface area (TPSA) is 73.6 Å². The normalized spacial score (nSPS) is 56.0. The minimum absolute atomic E-state index is 0.0809. The molecule has 4 saturated carbocycles. The van der Waals surface area contributed by atoms with Crippen LogP contribution >= 0.6 is 11.3 Å². The van der Waals surface area contributed by atoms with Gasteiger partial charge in [-0.3, -0.25) is 0 Å². The van der Waals surface area contributed by atoms with E-state index in [0.29, 0.717) is 18.3 Å². The second-order valence-electron chi connectivity index (χ2n) is 11.0. The summed E-state index contributed by atoms with van der Waals surface area (Å²) in [5, 5.41) is 37.1. The second kappa shape index (κ2) is 6.26. The van der Waals surface area contributed by atoms with Crippen LogP contribution in [0.4, 0.5) is 0 Å². The predicted molar refractivity (Wildman–Crippen MR) is 110 cm³/mol. The maximum Gasteiger partial charge on any atom is 0.125 e. The Balaban J connectivity index is 1.54. The summed E-state index contributed by atoms with van der Waals surface area (Å²) in [4.78, 5) is 4.49. The maximum atomic E-state index is 11.8. The Morgan fingerprint density at radius 1 is 1.00 bits per heavy atom. The second-order valence-corrected chi connectivity index (χ2v) is 11.9. The molecule has 4 aliphatic carbocycles. The molecule has 0 amide bonds. The Morgan fingerprint density at radius 3 is 2.46 bits per heavy atom. The molecule has 1 unspecified atom stereocenters. The van der Waals surface area contributed by atoms with Crippen LogP contribution in [-0.4, -0.2) is 32.5 Å². The number of aromatic nitrogens is 1. The average molecular weight is 406 g/mol. The Kier molecular flexibility index (Phi) is 4.35. The van der Waals surface area contributed by atoms with Crippen LogP contribution in [-0.2, 0) is 5.60 Å². The molecule has 10 atom stereocenters. The van der Waals surface area contributed by atoms with Gasteiger partial charge >= 0.3 is 0 Å². The lowest BCUT2D eigenvalue weighted by Crippen LogP contribution is -2.64. The molecule has 156 valence electrons. The lowest BCUT2D eigenvalue weighted by molar-refractivity contribution is -0.229. The van der Waals surface area contributed by atoms with Crippen molar-refractivity contribution in [1.82, 2.24) is 4.98 Å². The van der Waals surface area contributed by atoms with E-state index in [1.165, 1.54) is 6.42 Å². The van der Waals surface area contributed by atoms with E-state index in [2.05, 4.69) is 25.8 Å². The van der Waals surface area contributed by atoms with Gasteiger partial charge in [-0.15, -0.1) is 11.3 Å². The molecule has 0 bridgehead atoms. The highest BCUT2D eigenvalue weighted by Crippen LogP contribution is 2.70. The summed E-state index contributed by atoms with van der Waals surface area (Å²) in [5.74, 6) is 1.60. The van der Waals surface area contributed by atoms with Crippen LogP contribution in [0.2, 0.25) is 0 Å². The molecule has 0 radical (unpaired) electrons. The maximum absolute atomic E-state index is 11.8. The zero-order valence-corrected chi connectivity index (χ0v) is 18.2. The Bertz CT molecular complexity index is 740. The van der Waals surface area contributed by atoms with Gasteiger partial charge in [0.15, 0.2) is 0 Å². The van der Waals surface area contributed by atoms with Crippen molar-refractivity contribution >= 4 is 11.3 Å². The van der Waals surface area contributed by atoms with Gasteiger partial charge in [0.25, 0.3) is 0 Å². The lowest BCUT2D eigenvalue weighted by Gasteiger charge is -2.64. The number of rotatable bonds is 1. The molecule has 0 spiro atoms. The smallest absolute Gasteiger partial charge is 0.125 e. The lowest BCUT2D eigenvalue weighted by atomic mass is 9.42. The van der Waals surface area contributed by atoms with Crippen molar-refractivity contribution in [3.05, 3.63) is 16.6 Å². The van der Waals surface area contributed by atoms with E-state index >= 15 is 0 Å². The summed E-state index contributed by atoms with van der Waals surface area (Å²) in [7, 11) is 0. The molecule has 0 aromatic carbocycles. The number of fused-ring (bicyclic) bond motifs is 5. The fraction of sp³-hybridized carbons (Fsp3) is 0.870. The van der Waals surface area contributed by atoms with Gasteiger partial charge in [0, 0.05) is 17.0 Å². The minimum Gasteiger partial charge on any atom is -0.390 e. The van der Waals surface area contributed by atoms with E-state index in [-0.39, 0.29) is 28.6 Å². The van der Waals surface area contributed by atoms with Crippen LogP contribution in [0.5, 0.6) is 0 Å². The molecule has 4 nitrogen and oxygen atoms in total. The minimum atomic E-state index is -0.902. The third-order valence-electron chi connectivity index (χ3n) is 9.95. The van der Waals surface area contributed by atoms with E-state index in [4.69, 9.17) is 0 Å². The van der Waals surface area contributed by atoms with Gasteiger partial charge in [0.1, 0.15) is 10.6 Å². The summed E-state index contributed by atoms with van der Waals surface area (Å²) < 4.78 is 0. The number of nitrogens with zero attached hydrogens (tertiary/aromatic N) is 1. The highest BCUT2D eigenvalue weighted by Gasteiger charge is 2.68. The summed E-state index contributed by atoms with van der Waals surface area (Å²) in [6, 6.07) is 0. The summed E-state index contributed by atoms with van der Waals surface area (Å²) in [6.45, 7) is 6.90. The number of hydrogen-bond donors (Lipinski definition) is 3. The Hall–Kier alpha value is -0.490. The molecule has 1 aromatic rings. The van der Waals surface area contributed by atoms with E-state index in [9.17, 15) is 15.3 Å². The first-order chi connectivity index (χ1) is 13.2. The summed E-state index contributed by atoms with van der Waals surface area (Å²) in [5.41, 5.74) is -1.07. The first kappa shape index (κ1) is 19.5. The van der Waals surface area contributed by atoms with Gasteiger partial charge < -0.3 is 15.3 Å². The van der Waals surface area contributed by atoms with Crippen molar-refractivity contribution in [3.8, 4) is 0 Å². The van der Waals surface area contributed by atoms with Crippen LogP contribution in [0.25, 0.3) is 0 Å². The number of hydrogen-bond acceptors (Lipinski definition) is 5. The molecule has 3 N–H and O–H groups in total. The molecule has 1 aromatic heterocycles. The van der Waals surface area contributed by atoms with Gasteiger partial charge in [-0.25, -0.2) is 4.98 Å². The van der Waals surface area contributed by atoms with Crippen molar-refractivity contribution in [2.45, 2.75) is 83.5 Å². The molecular formula is C23H35NO3S. The van der Waals surface area contributed by atoms with Gasteiger partial charge in [-0.2, -0.15) is 0 Å². The molecule has 1 heterocycles. The molecule has 5 heteroatoms. The highest BCUT2D eigenvalue weighted by atomic mass is 32.1. The molecule has 5 rings (SSSR count). The van der Waals surface area contributed by atoms with Crippen molar-refractivity contribution in [2.24, 2.45) is 40.4 Å². The van der Waals surface area contributed by atoms with Gasteiger partial charge in [0.05, 0.1) is 12.2 Å². The van der Waals surface area contributed by atoms with Gasteiger partial charge in [-0.1, -0.05) is 27.2 Å². The van der Waals surface area contributed by atoms with Crippen LogP contribution in [0.1, 0.15) is 70.7 Å². The highest BCUT2D eigenvalue weighted by molar-refractivity contribution is 7.09. The fourth-order valence-corrected chi connectivity index (χ4v) is 9.16. The number of aliphatic hydroxyl groups is 3. The first-order valence-electron chi connectivity index (χ1n) is 11.2. The van der Waals surface area contributed by atoms with Gasteiger partial charge in [-0.05, 0) is 73.5 Å². The largest absolute Gasteiger partial charge is 0.390 e. The van der Waals surface area contributed by atoms with Crippen molar-refractivity contribution in [3.63, 3.8) is 0 Å². The monoisotopic (exact) mass is 405 g/mol. The summed E-state index contributed by atoms with van der Waals surface area (Å²) in [6.07, 6.45) is 7.54. The molecular weight excluding hydrogens is 370 g/mol. The predicted octanol–water partition coefficient (Wildman–Crippen LogP) is 3.95. The first-order valence-corrected chi connectivity index (χ1v) is 12.1. The molecule has 0 saturated heterocycles. The molecule has 4 aliphatic rings. The third-order valence-corrected chi connectivity index (χ3v) is 10.9. The van der Waals surface area contributed by atoms with Crippen LogP contribution in [0, 0.1) is 40.4 Å². The number of aliphatic hydroxyl groups excluding tert-OH is 2. The molecule has 0 aliphatic heterocycles. The Labute approximate surface area is 172 Å². The summed E-state index contributed by atoms with van der Waals surface area (Å²) >= 11 is 1.55. The van der Waals surface area contributed by atoms with Gasteiger partial charge in [0.2, 0.25) is 0 Å². The van der Waals surface area contributed by atoms with Crippen molar-refractivity contribution < 1.29 is 15.3 Å². The zero-order chi connectivity index (χ0) is 19.9. The van der Waals surface area contributed by atoms with Crippen LogP contribution in [0.3, 0.4) is 0 Å². The van der Waals surface area contributed by atoms with Crippen LogP contribution < -0.4 is 0 Å². The molecule has 4 fully saturated rings. The SMILES string of the molecule is C[C@H]1CC[C@@]2(C)[C@H](C1)[C@@H](O)[C@H](O)C1[C@@H]2CC[C@@]2(C)[C@H]1CC[C@@]2(O)c1nccs1. The average Bonchev–Trinajstić information content (AvgIpc) is 3.29. The fourth-order valence-electron chi connectivity index (χ4n) is 8.26. The standard InChI is InChI=1S/C23H35NO3S/c1-13-4-7-21(2)14-5-8-22(3)15(17(14)19(26)18(25)16(21)12-13)6-9-23(22,27)20-24-10-11-28-20/h10-11,13-19,25-27H,4-9,12H2,1-3H3/t13-,14-,15-,16+,17?,18+,19+,21+,22-,23+/m0/s1. The van der Waals surface area contributed by atoms with Crippen molar-refractivity contribution in [1.29, 1.82) is 0 Å². The third kappa shape index (κ3) is 2.31. The quantitative estimate of drug-likeness (QED) is 0.661. The van der Waals surface area contributed by atoms with E-state index in [1.807, 2.05) is 5.38 Å². The van der Waals surface area contributed by atoms with E-state index in [0.717, 1.165) is 37.1 Å². The zero-order valence-electron chi connectivity index (χ0n) is 17.3. The number of thiazole rings is 1. The molecule has 28 heavy (non-hydrogen) atoms. The van der Waals surface area contributed by atoms with Crippen molar-refractivity contribution in [2.75, 3.05) is 0 Å². The Morgan fingerprint density at radius 2 is 1.75 bits per heavy atom.